The van der Waals surface area contributed by atoms with E-state index in [2.05, 4.69) is 26.5 Å². The van der Waals surface area contributed by atoms with E-state index in [0.29, 0.717) is 17.5 Å². The molecule has 0 bridgehead atoms. The van der Waals surface area contributed by atoms with Gasteiger partial charge in [0.05, 0.1) is 5.69 Å². The van der Waals surface area contributed by atoms with Crippen LogP contribution in [-0.2, 0) is 0 Å². The Morgan fingerprint density at radius 2 is 2.00 bits per heavy atom. The SMILES string of the molecule is N#Cc1nc(C=NNc2ccccc2)oc1N1CCCCC1. The van der Waals surface area contributed by atoms with Crippen molar-refractivity contribution in [2.24, 2.45) is 5.10 Å². The van der Waals surface area contributed by atoms with E-state index in [0.717, 1.165) is 31.6 Å². The first-order valence-corrected chi connectivity index (χ1v) is 7.37. The summed E-state index contributed by atoms with van der Waals surface area (Å²) in [4.78, 5) is 6.26. The first-order valence-electron chi connectivity index (χ1n) is 7.37. The number of benzene rings is 1. The zero-order chi connectivity index (χ0) is 15.2. The maximum Gasteiger partial charge on any atom is 0.243 e. The summed E-state index contributed by atoms with van der Waals surface area (Å²) in [6.07, 6.45) is 4.94. The second-order valence-electron chi connectivity index (χ2n) is 5.10. The summed E-state index contributed by atoms with van der Waals surface area (Å²) in [5.74, 6) is 0.893. The van der Waals surface area contributed by atoms with Gasteiger partial charge in [-0.1, -0.05) is 18.2 Å². The molecule has 22 heavy (non-hydrogen) atoms. The number of hydrogen-bond donors (Lipinski definition) is 1. The lowest BCUT2D eigenvalue weighted by Crippen LogP contribution is -2.29. The van der Waals surface area contributed by atoms with Gasteiger partial charge in [0.15, 0.2) is 0 Å². The number of aromatic nitrogens is 1. The van der Waals surface area contributed by atoms with Crippen LogP contribution in [0.5, 0.6) is 0 Å². The van der Waals surface area contributed by atoms with Crippen LogP contribution in [0.2, 0.25) is 0 Å². The highest BCUT2D eigenvalue weighted by Crippen LogP contribution is 2.24. The standard InChI is InChI=1S/C16H17N5O/c17-11-14-16(21-9-5-2-6-10-21)22-15(19-14)12-18-20-13-7-3-1-4-8-13/h1,3-4,7-8,12,20H,2,5-6,9-10H2. The zero-order valence-corrected chi connectivity index (χ0v) is 12.2. The van der Waals surface area contributed by atoms with Crippen molar-refractivity contribution in [1.82, 2.24) is 4.98 Å². The predicted molar refractivity (Wildman–Crippen MR) is 84.9 cm³/mol. The van der Waals surface area contributed by atoms with Gasteiger partial charge in [0.2, 0.25) is 17.5 Å². The highest BCUT2D eigenvalue weighted by atomic mass is 16.4. The summed E-state index contributed by atoms with van der Waals surface area (Å²) < 4.78 is 5.69. The quantitative estimate of drug-likeness (QED) is 0.693. The Bertz CT molecular complexity index is 680. The number of nitrogens with zero attached hydrogens (tertiary/aromatic N) is 4. The van der Waals surface area contributed by atoms with Crippen molar-refractivity contribution in [3.63, 3.8) is 0 Å². The normalized spacial score (nSPS) is 15.0. The first kappa shape index (κ1) is 14.1. The first-order chi connectivity index (χ1) is 10.9. The maximum atomic E-state index is 9.21. The molecule has 6 heteroatoms. The molecule has 0 atom stereocenters. The summed E-state index contributed by atoms with van der Waals surface area (Å²) >= 11 is 0. The maximum absolute atomic E-state index is 9.21. The van der Waals surface area contributed by atoms with Crippen LogP contribution in [-0.4, -0.2) is 24.3 Å². The molecule has 0 radical (unpaired) electrons. The lowest BCUT2D eigenvalue weighted by molar-refractivity contribution is 0.493. The molecule has 2 aromatic rings. The summed E-state index contributed by atoms with van der Waals surface area (Å²) in [7, 11) is 0. The molecular formula is C16H17N5O. The Balaban J connectivity index is 1.72. The molecule has 0 aliphatic carbocycles. The fraction of sp³-hybridized carbons (Fsp3) is 0.312. The van der Waals surface area contributed by atoms with E-state index in [1.807, 2.05) is 30.3 Å². The van der Waals surface area contributed by atoms with Gasteiger partial charge in [0, 0.05) is 13.1 Å². The van der Waals surface area contributed by atoms with Gasteiger partial charge in [-0.25, -0.2) is 0 Å². The molecule has 0 unspecified atom stereocenters. The summed E-state index contributed by atoms with van der Waals surface area (Å²) in [5, 5.41) is 13.3. The summed E-state index contributed by atoms with van der Waals surface area (Å²) in [6.45, 7) is 1.81. The second-order valence-corrected chi connectivity index (χ2v) is 5.10. The van der Waals surface area contributed by atoms with Gasteiger partial charge in [-0.3, -0.25) is 5.43 Å². The van der Waals surface area contributed by atoms with E-state index < -0.39 is 0 Å². The van der Waals surface area contributed by atoms with Crippen molar-refractivity contribution in [3.8, 4) is 6.07 Å². The van der Waals surface area contributed by atoms with Gasteiger partial charge in [0.25, 0.3) is 0 Å². The minimum Gasteiger partial charge on any atom is -0.418 e. The van der Waals surface area contributed by atoms with Crippen LogP contribution in [0, 0.1) is 11.3 Å². The number of piperidine rings is 1. The van der Waals surface area contributed by atoms with E-state index in [4.69, 9.17) is 4.42 Å². The molecule has 1 aromatic carbocycles. The molecule has 1 N–H and O–H groups in total. The number of nitriles is 1. The molecule has 3 rings (SSSR count). The van der Waals surface area contributed by atoms with Crippen molar-refractivity contribution < 1.29 is 4.42 Å². The zero-order valence-electron chi connectivity index (χ0n) is 12.2. The molecular weight excluding hydrogens is 278 g/mol. The number of rotatable bonds is 4. The fourth-order valence-electron chi connectivity index (χ4n) is 2.44. The molecule has 6 nitrogen and oxygen atoms in total. The molecule has 112 valence electrons. The number of hydrazone groups is 1. The van der Waals surface area contributed by atoms with Crippen LogP contribution in [0.4, 0.5) is 11.6 Å². The van der Waals surface area contributed by atoms with E-state index >= 15 is 0 Å². The largest absolute Gasteiger partial charge is 0.418 e. The fourth-order valence-corrected chi connectivity index (χ4v) is 2.44. The highest BCUT2D eigenvalue weighted by Gasteiger charge is 2.20. The van der Waals surface area contributed by atoms with Crippen LogP contribution < -0.4 is 10.3 Å². The minimum atomic E-state index is 0.322. The van der Waals surface area contributed by atoms with Gasteiger partial charge in [-0.2, -0.15) is 15.3 Å². The molecule has 2 heterocycles. The monoisotopic (exact) mass is 295 g/mol. The van der Waals surface area contributed by atoms with E-state index in [-0.39, 0.29) is 0 Å². The third kappa shape index (κ3) is 3.26. The molecule has 1 saturated heterocycles. The van der Waals surface area contributed by atoms with Crippen LogP contribution in [0.3, 0.4) is 0 Å². The van der Waals surface area contributed by atoms with Gasteiger partial charge in [0.1, 0.15) is 12.3 Å². The van der Waals surface area contributed by atoms with E-state index in [1.54, 1.807) is 0 Å². The molecule has 1 aliphatic heterocycles. The van der Waals surface area contributed by atoms with Gasteiger partial charge in [-0.05, 0) is 31.4 Å². The van der Waals surface area contributed by atoms with Gasteiger partial charge < -0.3 is 9.32 Å². The van der Waals surface area contributed by atoms with Crippen molar-refractivity contribution in [2.75, 3.05) is 23.4 Å². The van der Waals surface area contributed by atoms with Crippen LogP contribution in [0.15, 0.2) is 39.9 Å². The molecule has 0 spiro atoms. The molecule has 1 fully saturated rings. The third-order valence-electron chi connectivity index (χ3n) is 3.52. The lowest BCUT2D eigenvalue weighted by Gasteiger charge is -2.25. The Morgan fingerprint density at radius 3 is 2.73 bits per heavy atom. The smallest absolute Gasteiger partial charge is 0.243 e. The molecule has 1 aliphatic rings. The average Bonchev–Trinajstić information content (AvgIpc) is 3.00. The number of para-hydroxylation sites is 1. The van der Waals surface area contributed by atoms with Crippen LogP contribution in [0.25, 0.3) is 0 Å². The van der Waals surface area contributed by atoms with E-state index in [1.165, 1.54) is 12.6 Å². The van der Waals surface area contributed by atoms with Gasteiger partial charge in [-0.15, -0.1) is 0 Å². The summed E-state index contributed by atoms with van der Waals surface area (Å²) in [5.41, 5.74) is 4.09. The number of hydrogen-bond acceptors (Lipinski definition) is 6. The lowest BCUT2D eigenvalue weighted by atomic mass is 10.1. The van der Waals surface area contributed by atoms with Gasteiger partial charge >= 0.3 is 0 Å². The Kier molecular flexibility index (Phi) is 4.35. The number of nitrogens with one attached hydrogen (secondary N) is 1. The highest BCUT2D eigenvalue weighted by molar-refractivity contribution is 5.75. The van der Waals surface area contributed by atoms with Crippen molar-refractivity contribution >= 4 is 17.8 Å². The topological polar surface area (TPSA) is 77.5 Å². The predicted octanol–water partition coefficient (Wildman–Crippen LogP) is 2.98. The molecule has 0 amide bonds. The average molecular weight is 295 g/mol. The molecule has 1 aromatic heterocycles. The van der Waals surface area contributed by atoms with Crippen LogP contribution in [0.1, 0.15) is 30.8 Å². The third-order valence-corrected chi connectivity index (χ3v) is 3.52. The summed E-state index contributed by atoms with van der Waals surface area (Å²) in [6, 6.07) is 11.7. The van der Waals surface area contributed by atoms with Crippen LogP contribution >= 0.6 is 0 Å². The van der Waals surface area contributed by atoms with Crippen molar-refractivity contribution in [2.45, 2.75) is 19.3 Å². The Hall–Kier alpha value is -2.81. The van der Waals surface area contributed by atoms with Crippen molar-refractivity contribution in [1.29, 1.82) is 5.26 Å². The van der Waals surface area contributed by atoms with Crippen molar-refractivity contribution in [3.05, 3.63) is 41.9 Å². The number of oxazole rings is 1. The van der Waals surface area contributed by atoms with E-state index in [9.17, 15) is 5.26 Å². The molecule has 0 saturated carbocycles. The number of anilines is 2. The Labute approximate surface area is 129 Å². The second kappa shape index (κ2) is 6.76. The Morgan fingerprint density at radius 1 is 1.23 bits per heavy atom. The minimum absolute atomic E-state index is 0.322.